The fourth-order valence-electron chi connectivity index (χ4n) is 1.33. The minimum Gasteiger partial charge on any atom is -0.214 e. The van der Waals surface area contributed by atoms with Crippen LogP contribution >= 0.6 is 11.6 Å². The van der Waals surface area contributed by atoms with Gasteiger partial charge in [-0.1, -0.05) is 24.7 Å². The van der Waals surface area contributed by atoms with Crippen LogP contribution in [0.1, 0.15) is 0 Å². The van der Waals surface area contributed by atoms with Gasteiger partial charge in [-0.15, -0.1) is 16.8 Å². The van der Waals surface area contributed by atoms with Gasteiger partial charge in [0.15, 0.2) is 0 Å². The van der Waals surface area contributed by atoms with Crippen molar-refractivity contribution in [2.45, 2.75) is 19.6 Å². The predicted molar refractivity (Wildman–Crippen MR) is 72.1 cm³/mol. The van der Waals surface area contributed by atoms with Crippen molar-refractivity contribution in [3.63, 3.8) is 0 Å². The Morgan fingerprint density at radius 3 is 1.88 bits per heavy atom. The third-order valence-electron chi connectivity index (χ3n) is 2.13. The summed E-state index contributed by atoms with van der Waals surface area (Å²) < 4.78 is 0. The monoisotopic (exact) mass is 284 g/mol. The molecule has 0 saturated heterocycles. The van der Waals surface area contributed by atoms with Gasteiger partial charge in [-0.25, -0.2) is 18.2 Å². The van der Waals surface area contributed by atoms with Crippen LogP contribution in [0.5, 0.6) is 0 Å². The number of rotatable bonds is 1. The average molecular weight is 285 g/mol. The molecule has 0 spiro atoms. The van der Waals surface area contributed by atoms with Gasteiger partial charge in [0.2, 0.25) is 0 Å². The van der Waals surface area contributed by atoms with E-state index in [9.17, 15) is 0 Å². The molecule has 0 aromatic heterocycles. The van der Waals surface area contributed by atoms with Crippen molar-refractivity contribution in [3.05, 3.63) is 53.6 Å². The standard InChI is InChI=1S/C8H12ClSi.C5H5.Ti/c1-10(2,3)8-6-4-5-7(8)9;1-2-4-5-3-1;/h4-6H,1-3H3;1-5H;/q2*-1;+2. The van der Waals surface area contributed by atoms with Gasteiger partial charge < -0.3 is 0 Å². The normalized spacial score (nSPS) is 10.0. The zero-order valence-corrected chi connectivity index (χ0v) is 13.3. The van der Waals surface area contributed by atoms with Crippen molar-refractivity contribution < 1.29 is 21.7 Å². The van der Waals surface area contributed by atoms with Crippen molar-refractivity contribution in [2.75, 3.05) is 0 Å². The molecule has 84 valence electrons. The summed E-state index contributed by atoms with van der Waals surface area (Å²) in [6.07, 6.45) is 0. The van der Waals surface area contributed by atoms with E-state index in [1.54, 1.807) is 0 Å². The molecule has 0 fully saturated rings. The van der Waals surface area contributed by atoms with Crippen LogP contribution in [0, 0.1) is 0 Å². The summed E-state index contributed by atoms with van der Waals surface area (Å²) in [5.74, 6) is 0. The maximum absolute atomic E-state index is 5.96. The summed E-state index contributed by atoms with van der Waals surface area (Å²) in [5, 5.41) is 2.31. The molecule has 0 atom stereocenters. The smallest absolute Gasteiger partial charge is 0.214 e. The van der Waals surface area contributed by atoms with Crippen molar-refractivity contribution in [1.29, 1.82) is 0 Å². The topological polar surface area (TPSA) is 0 Å². The molecule has 2 aromatic carbocycles. The molecular formula is C13H17ClSiTi. The molecule has 0 saturated carbocycles. The van der Waals surface area contributed by atoms with Gasteiger partial charge in [-0.3, -0.25) is 0 Å². The predicted octanol–water partition coefficient (Wildman–Crippen LogP) is 4.01. The van der Waals surface area contributed by atoms with E-state index in [2.05, 4.69) is 25.7 Å². The van der Waals surface area contributed by atoms with Crippen LogP contribution in [-0.2, 0) is 21.7 Å². The Morgan fingerprint density at radius 1 is 1.12 bits per heavy atom. The Morgan fingerprint density at radius 2 is 1.69 bits per heavy atom. The van der Waals surface area contributed by atoms with E-state index < -0.39 is 8.07 Å². The molecule has 2 aromatic rings. The van der Waals surface area contributed by atoms with Crippen molar-refractivity contribution >= 4 is 24.9 Å². The summed E-state index contributed by atoms with van der Waals surface area (Å²) in [7, 11) is -1.16. The second-order valence-corrected chi connectivity index (χ2v) is 9.95. The summed E-state index contributed by atoms with van der Waals surface area (Å²) >= 11 is 5.96. The van der Waals surface area contributed by atoms with Gasteiger partial charge in [-0.2, -0.15) is 30.3 Å². The van der Waals surface area contributed by atoms with E-state index in [-0.39, 0.29) is 21.7 Å². The van der Waals surface area contributed by atoms with Gasteiger partial charge in [0, 0.05) is 8.07 Å². The van der Waals surface area contributed by atoms with Crippen LogP contribution in [0.25, 0.3) is 0 Å². The maximum Gasteiger partial charge on any atom is 2.00 e. The molecule has 0 bridgehead atoms. The van der Waals surface area contributed by atoms with E-state index in [1.807, 2.05) is 42.5 Å². The molecule has 0 nitrogen and oxygen atoms in total. The number of hydrogen-bond donors (Lipinski definition) is 0. The van der Waals surface area contributed by atoms with Crippen molar-refractivity contribution in [2.24, 2.45) is 0 Å². The Kier molecular flexibility index (Phi) is 7.25. The minimum atomic E-state index is -1.16. The largest absolute Gasteiger partial charge is 2.00 e. The van der Waals surface area contributed by atoms with Gasteiger partial charge in [-0.05, 0) is 0 Å². The third-order valence-corrected chi connectivity index (χ3v) is 4.67. The molecular weight excluding hydrogens is 268 g/mol. The van der Waals surface area contributed by atoms with E-state index >= 15 is 0 Å². The SMILES string of the molecule is C[Si](C)(C)[c-]1cccc1Cl.[Ti+2].c1cc[cH-]c1. The maximum atomic E-state index is 5.96. The summed E-state index contributed by atoms with van der Waals surface area (Å²) in [6.45, 7) is 6.90. The molecule has 0 unspecified atom stereocenters. The van der Waals surface area contributed by atoms with E-state index in [0.717, 1.165) is 5.02 Å². The van der Waals surface area contributed by atoms with Gasteiger partial charge >= 0.3 is 21.7 Å². The summed E-state index contributed by atoms with van der Waals surface area (Å²) in [6, 6.07) is 16.1. The van der Waals surface area contributed by atoms with E-state index in [4.69, 9.17) is 11.6 Å². The van der Waals surface area contributed by atoms with Gasteiger partial charge in [0.05, 0.1) is 0 Å². The van der Waals surface area contributed by atoms with Crippen molar-refractivity contribution in [3.8, 4) is 0 Å². The molecule has 0 aliphatic carbocycles. The Labute approximate surface area is 119 Å². The van der Waals surface area contributed by atoms with Crippen LogP contribution in [0.2, 0.25) is 24.7 Å². The van der Waals surface area contributed by atoms with E-state index in [1.165, 1.54) is 5.19 Å². The van der Waals surface area contributed by atoms with Crippen LogP contribution < -0.4 is 5.19 Å². The molecule has 0 aliphatic heterocycles. The van der Waals surface area contributed by atoms with Gasteiger partial charge in [0.1, 0.15) is 0 Å². The van der Waals surface area contributed by atoms with Crippen LogP contribution in [-0.4, -0.2) is 8.07 Å². The first-order valence-electron chi connectivity index (χ1n) is 5.10. The second kappa shape index (κ2) is 7.29. The van der Waals surface area contributed by atoms with Gasteiger partial charge in [0.25, 0.3) is 0 Å². The third kappa shape index (κ3) is 5.31. The van der Waals surface area contributed by atoms with E-state index in [0.29, 0.717) is 0 Å². The minimum absolute atomic E-state index is 0. The zero-order chi connectivity index (χ0) is 11.3. The fraction of sp³-hybridized carbons (Fsp3) is 0.231. The zero-order valence-electron chi connectivity index (χ0n) is 10.00. The van der Waals surface area contributed by atoms with Crippen LogP contribution in [0.4, 0.5) is 0 Å². The second-order valence-electron chi connectivity index (χ2n) is 4.50. The average Bonchev–Trinajstić information content (AvgIpc) is 2.72. The molecule has 3 heteroatoms. The molecule has 2 rings (SSSR count). The quantitative estimate of drug-likeness (QED) is 0.548. The first-order chi connectivity index (χ1) is 7.02. The van der Waals surface area contributed by atoms with Crippen LogP contribution in [0.15, 0.2) is 48.5 Å². The molecule has 16 heavy (non-hydrogen) atoms. The fourth-order valence-corrected chi connectivity index (χ4v) is 3.71. The van der Waals surface area contributed by atoms with Crippen LogP contribution in [0.3, 0.4) is 0 Å². The summed E-state index contributed by atoms with van der Waals surface area (Å²) in [5.41, 5.74) is 0. The van der Waals surface area contributed by atoms with Crippen molar-refractivity contribution in [1.82, 2.24) is 0 Å². The molecule has 0 radical (unpaired) electrons. The summed E-state index contributed by atoms with van der Waals surface area (Å²) in [4.78, 5) is 0. The number of halogens is 1. The Balaban J connectivity index is 0.000000318. The first-order valence-corrected chi connectivity index (χ1v) is 8.98. The molecule has 0 heterocycles. The Bertz CT molecular complexity index is 354. The Hall–Kier alpha value is -0.0788. The molecule has 0 N–H and O–H groups in total. The molecule has 0 aliphatic rings. The molecule has 0 amide bonds. The first kappa shape index (κ1) is 15.9. The number of hydrogen-bond acceptors (Lipinski definition) is 0.